The Bertz CT molecular complexity index is 570. The average Bonchev–Trinajstić information content (AvgIpc) is 2.87. The zero-order valence-electron chi connectivity index (χ0n) is 13.0. The molecule has 1 saturated heterocycles. The highest BCUT2D eigenvalue weighted by Gasteiger charge is 2.16. The molecule has 0 amide bonds. The molecule has 1 N–H and O–H groups in total. The highest BCUT2D eigenvalue weighted by Crippen LogP contribution is 2.25. The molecule has 1 aliphatic heterocycles. The van der Waals surface area contributed by atoms with Crippen molar-refractivity contribution in [2.45, 2.75) is 32.7 Å². The first-order valence-corrected chi connectivity index (χ1v) is 8.23. The predicted molar refractivity (Wildman–Crippen MR) is 87.7 cm³/mol. The summed E-state index contributed by atoms with van der Waals surface area (Å²) in [5.41, 5.74) is 2.86. The van der Waals surface area contributed by atoms with E-state index in [9.17, 15) is 0 Å². The van der Waals surface area contributed by atoms with Crippen molar-refractivity contribution >= 4 is 10.9 Å². The van der Waals surface area contributed by atoms with Gasteiger partial charge in [-0.25, -0.2) is 0 Å². The maximum Gasteiger partial charge on any atom is 0.0483 e. The van der Waals surface area contributed by atoms with Crippen molar-refractivity contribution in [1.82, 2.24) is 9.88 Å². The number of para-hydroxylation sites is 1. The Balaban J connectivity index is 1.80. The van der Waals surface area contributed by atoms with Gasteiger partial charge in [-0.05, 0) is 49.9 Å². The fourth-order valence-electron chi connectivity index (χ4n) is 3.28. The Morgan fingerprint density at radius 3 is 2.86 bits per heavy atom. The molecule has 21 heavy (non-hydrogen) atoms. The standard InChI is InChI=1S/C18H26N2O/c1-2-19-10-7-16-14-20(13-15-8-11-21-12-9-15)18-6-4-3-5-17(16)18/h3-6,14-15,19H,2,7-13H2,1H3. The van der Waals surface area contributed by atoms with Gasteiger partial charge in [0.1, 0.15) is 0 Å². The van der Waals surface area contributed by atoms with E-state index in [0.717, 1.165) is 45.2 Å². The minimum Gasteiger partial charge on any atom is -0.381 e. The van der Waals surface area contributed by atoms with Crippen molar-refractivity contribution in [3.8, 4) is 0 Å². The maximum atomic E-state index is 5.48. The molecule has 114 valence electrons. The quantitative estimate of drug-likeness (QED) is 0.825. The summed E-state index contributed by atoms with van der Waals surface area (Å²) in [6, 6.07) is 8.82. The largest absolute Gasteiger partial charge is 0.381 e. The molecule has 0 saturated carbocycles. The molecule has 0 bridgehead atoms. The normalized spacial score (nSPS) is 16.6. The molecule has 1 fully saturated rings. The Morgan fingerprint density at radius 2 is 2.05 bits per heavy atom. The number of aromatic nitrogens is 1. The zero-order chi connectivity index (χ0) is 14.5. The molecule has 0 radical (unpaired) electrons. The first kappa shape index (κ1) is 14.6. The number of nitrogens with zero attached hydrogens (tertiary/aromatic N) is 1. The van der Waals surface area contributed by atoms with Crippen LogP contribution in [0.3, 0.4) is 0 Å². The Hall–Kier alpha value is -1.32. The summed E-state index contributed by atoms with van der Waals surface area (Å²) in [5.74, 6) is 0.760. The molecule has 3 rings (SSSR count). The molecule has 1 aliphatic rings. The summed E-state index contributed by atoms with van der Waals surface area (Å²) in [6.07, 6.45) is 5.87. The minimum absolute atomic E-state index is 0.760. The van der Waals surface area contributed by atoms with Gasteiger partial charge in [0.25, 0.3) is 0 Å². The summed E-state index contributed by atoms with van der Waals surface area (Å²) in [6.45, 7) is 7.25. The molecular formula is C18H26N2O. The van der Waals surface area contributed by atoms with Crippen LogP contribution < -0.4 is 5.32 Å². The number of benzene rings is 1. The molecule has 0 unspecified atom stereocenters. The van der Waals surface area contributed by atoms with Gasteiger partial charge in [-0.15, -0.1) is 0 Å². The van der Waals surface area contributed by atoms with Gasteiger partial charge in [-0.2, -0.15) is 0 Å². The van der Waals surface area contributed by atoms with Crippen LogP contribution in [0.2, 0.25) is 0 Å². The van der Waals surface area contributed by atoms with E-state index < -0.39 is 0 Å². The summed E-state index contributed by atoms with van der Waals surface area (Å²) in [7, 11) is 0. The van der Waals surface area contributed by atoms with Gasteiger partial charge in [0, 0.05) is 36.9 Å². The predicted octanol–water partition coefficient (Wildman–Crippen LogP) is 3.22. The fourth-order valence-corrected chi connectivity index (χ4v) is 3.28. The van der Waals surface area contributed by atoms with Crippen molar-refractivity contribution in [3.63, 3.8) is 0 Å². The van der Waals surface area contributed by atoms with E-state index in [2.05, 4.69) is 47.3 Å². The molecule has 0 atom stereocenters. The van der Waals surface area contributed by atoms with E-state index >= 15 is 0 Å². The molecule has 0 aliphatic carbocycles. The lowest BCUT2D eigenvalue weighted by atomic mass is 10.0. The lowest BCUT2D eigenvalue weighted by Crippen LogP contribution is -2.20. The zero-order valence-corrected chi connectivity index (χ0v) is 13.0. The van der Waals surface area contributed by atoms with Crippen LogP contribution in [-0.4, -0.2) is 30.9 Å². The van der Waals surface area contributed by atoms with Crippen LogP contribution in [0.15, 0.2) is 30.5 Å². The van der Waals surface area contributed by atoms with Crippen molar-refractivity contribution in [3.05, 3.63) is 36.0 Å². The maximum absolute atomic E-state index is 5.48. The Morgan fingerprint density at radius 1 is 1.24 bits per heavy atom. The van der Waals surface area contributed by atoms with Gasteiger partial charge in [0.05, 0.1) is 0 Å². The molecule has 3 heteroatoms. The van der Waals surface area contributed by atoms with Crippen LogP contribution in [0.5, 0.6) is 0 Å². The summed E-state index contributed by atoms with van der Waals surface area (Å²) >= 11 is 0. The van der Waals surface area contributed by atoms with Crippen LogP contribution in [0.4, 0.5) is 0 Å². The third-order valence-corrected chi connectivity index (χ3v) is 4.49. The monoisotopic (exact) mass is 286 g/mol. The molecule has 2 aromatic rings. The van der Waals surface area contributed by atoms with Gasteiger partial charge in [0.15, 0.2) is 0 Å². The van der Waals surface area contributed by atoms with E-state index in [1.807, 2.05) is 0 Å². The van der Waals surface area contributed by atoms with Crippen LogP contribution in [0.25, 0.3) is 10.9 Å². The number of nitrogens with one attached hydrogen (secondary N) is 1. The second-order valence-electron chi connectivity index (χ2n) is 5.98. The minimum atomic E-state index is 0.760. The SMILES string of the molecule is CCNCCc1cn(CC2CCOCC2)c2ccccc12. The third kappa shape index (κ3) is 3.47. The number of rotatable bonds is 6. The Labute approximate surface area is 127 Å². The van der Waals surface area contributed by atoms with E-state index in [0.29, 0.717) is 0 Å². The van der Waals surface area contributed by atoms with Crippen LogP contribution in [-0.2, 0) is 17.7 Å². The number of fused-ring (bicyclic) bond motifs is 1. The highest BCUT2D eigenvalue weighted by atomic mass is 16.5. The lowest BCUT2D eigenvalue weighted by molar-refractivity contribution is 0.0616. The van der Waals surface area contributed by atoms with E-state index in [1.165, 1.54) is 29.3 Å². The molecular weight excluding hydrogens is 260 g/mol. The first-order chi connectivity index (χ1) is 10.4. The average molecular weight is 286 g/mol. The third-order valence-electron chi connectivity index (χ3n) is 4.49. The summed E-state index contributed by atoms with van der Waals surface area (Å²) in [4.78, 5) is 0. The topological polar surface area (TPSA) is 26.2 Å². The van der Waals surface area contributed by atoms with Gasteiger partial charge < -0.3 is 14.6 Å². The van der Waals surface area contributed by atoms with Crippen molar-refractivity contribution in [1.29, 1.82) is 0 Å². The van der Waals surface area contributed by atoms with Gasteiger partial charge in [-0.1, -0.05) is 25.1 Å². The number of hydrogen-bond donors (Lipinski definition) is 1. The summed E-state index contributed by atoms with van der Waals surface area (Å²) < 4.78 is 7.94. The molecule has 1 aromatic heterocycles. The fraction of sp³-hybridized carbons (Fsp3) is 0.556. The van der Waals surface area contributed by atoms with Crippen molar-refractivity contribution in [2.75, 3.05) is 26.3 Å². The second kappa shape index (κ2) is 7.10. The van der Waals surface area contributed by atoms with Crippen molar-refractivity contribution in [2.24, 2.45) is 5.92 Å². The van der Waals surface area contributed by atoms with Crippen LogP contribution in [0, 0.1) is 5.92 Å². The van der Waals surface area contributed by atoms with Gasteiger partial charge in [-0.3, -0.25) is 0 Å². The van der Waals surface area contributed by atoms with Gasteiger partial charge >= 0.3 is 0 Å². The number of likely N-dealkylation sites (N-methyl/N-ethyl adjacent to an activating group) is 1. The van der Waals surface area contributed by atoms with Crippen LogP contribution in [0.1, 0.15) is 25.3 Å². The van der Waals surface area contributed by atoms with E-state index in [-0.39, 0.29) is 0 Å². The van der Waals surface area contributed by atoms with Crippen molar-refractivity contribution < 1.29 is 4.74 Å². The molecule has 1 aromatic carbocycles. The lowest BCUT2D eigenvalue weighted by Gasteiger charge is -2.22. The highest BCUT2D eigenvalue weighted by molar-refractivity contribution is 5.84. The smallest absolute Gasteiger partial charge is 0.0483 e. The van der Waals surface area contributed by atoms with E-state index in [4.69, 9.17) is 4.74 Å². The van der Waals surface area contributed by atoms with Crippen LogP contribution >= 0.6 is 0 Å². The molecule has 3 nitrogen and oxygen atoms in total. The molecule has 0 spiro atoms. The Kier molecular flexibility index (Phi) is 4.94. The number of ether oxygens (including phenoxy) is 1. The first-order valence-electron chi connectivity index (χ1n) is 8.23. The second-order valence-corrected chi connectivity index (χ2v) is 5.98. The number of hydrogen-bond acceptors (Lipinski definition) is 2. The van der Waals surface area contributed by atoms with Gasteiger partial charge in [0.2, 0.25) is 0 Å². The summed E-state index contributed by atoms with van der Waals surface area (Å²) in [5, 5.41) is 4.85. The molecule has 2 heterocycles. The van der Waals surface area contributed by atoms with E-state index in [1.54, 1.807) is 0 Å².